The van der Waals surface area contributed by atoms with Crippen molar-refractivity contribution in [1.82, 2.24) is 20.0 Å². The second-order valence-electron chi connectivity index (χ2n) is 9.30. The van der Waals surface area contributed by atoms with Gasteiger partial charge in [-0.05, 0) is 42.9 Å². The first-order chi connectivity index (χ1) is 14.2. The Morgan fingerprint density at radius 1 is 1.24 bits per heavy atom. The summed E-state index contributed by atoms with van der Waals surface area (Å²) in [7, 11) is 0. The third kappa shape index (κ3) is 2.92. The average molecular weight is 393 g/mol. The number of aromatic nitrogens is 2. The molecule has 0 unspecified atom stereocenters. The van der Waals surface area contributed by atoms with Crippen LogP contribution in [0.1, 0.15) is 24.0 Å². The molecule has 2 bridgehead atoms. The number of ether oxygens (including phenoxy) is 1. The maximum absolute atomic E-state index is 12.3. The van der Waals surface area contributed by atoms with Crippen molar-refractivity contribution in [3.63, 3.8) is 0 Å². The summed E-state index contributed by atoms with van der Waals surface area (Å²) in [5.74, 6) is 1.00. The van der Waals surface area contributed by atoms with Gasteiger partial charge in [-0.2, -0.15) is 5.10 Å². The molecule has 4 heterocycles. The van der Waals surface area contributed by atoms with Crippen LogP contribution in [0.4, 0.5) is 0 Å². The maximum atomic E-state index is 12.3. The highest BCUT2D eigenvalue weighted by molar-refractivity contribution is 5.75. The first-order valence-electron chi connectivity index (χ1n) is 10.9. The lowest BCUT2D eigenvalue weighted by Gasteiger charge is -2.29. The van der Waals surface area contributed by atoms with Gasteiger partial charge in [-0.1, -0.05) is 24.3 Å². The fraction of sp³-hybridized carbons (Fsp3) is 0.565. The van der Waals surface area contributed by atoms with Crippen LogP contribution in [-0.4, -0.2) is 58.0 Å². The van der Waals surface area contributed by atoms with Crippen molar-refractivity contribution in [2.24, 2.45) is 11.8 Å². The van der Waals surface area contributed by atoms with Gasteiger partial charge in [-0.3, -0.25) is 14.4 Å². The Labute approximate surface area is 171 Å². The monoisotopic (exact) mass is 392 g/mol. The van der Waals surface area contributed by atoms with Crippen molar-refractivity contribution in [3.05, 3.63) is 53.9 Å². The number of rotatable bonds is 5. The molecule has 0 saturated carbocycles. The number of hydrogen-bond acceptors (Lipinski definition) is 4. The Morgan fingerprint density at radius 3 is 2.83 bits per heavy atom. The van der Waals surface area contributed by atoms with Crippen LogP contribution in [0.15, 0.2) is 42.7 Å². The summed E-state index contributed by atoms with van der Waals surface area (Å²) >= 11 is 0. The van der Waals surface area contributed by atoms with Crippen LogP contribution in [0, 0.1) is 11.8 Å². The zero-order chi connectivity index (χ0) is 19.4. The molecule has 6 nitrogen and oxygen atoms in total. The minimum atomic E-state index is 0.0246. The summed E-state index contributed by atoms with van der Waals surface area (Å²) < 4.78 is 8.26. The first-order valence-corrected chi connectivity index (χ1v) is 10.9. The Morgan fingerprint density at radius 2 is 2.07 bits per heavy atom. The number of hydrogen-bond donors (Lipinski definition) is 1. The summed E-state index contributed by atoms with van der Waals surface area (Å²) in [6.45, 7) is 3.17. The molecule has 2 aromatic rings. The highest BCUT2D eigenvalue weighted by Gasteiger charge is 2.63. The van der Waals surface area contributed by atoms with Gasteiger partial charge >= 0.3 is 0 Å². The van der Waals surface area contributed by atoms with Crippen molar-refractivity contribution < 1.29 is 9.53 Å². The van der Waals surface area contributed by atoms with E-state index in [1.807, 2.05) is 12.3 Å². The van der Waals surface area contributed by atoms with Gasteiger partial charge in [0.15, 0.2) is 0 Å². The third-order valence-corrected chi connectivity index (χ3v) is 7.76. The third-order valence-electron chi connectivity index (χ3n) is 7.76. The van der Waals surface area contributed by atoms with E-state index in [1.165, 1.54) is 17.5 Å². The number of likely N-dealkylation sites (tertiary alicyclic amines) is 1. The molecule has 6 rings (SSSR count). The Bertz CT molecular complexity index is 888. The quantitative estimate of drug-likeness (QED) is 0.841. The summed E-state index contributed by atoms with van der Waals surface area (Å²) in [6, 6.07) is 11.3. The van der Waals surface area contributed by atoms with E-state index in [9.17, 15) is 4.79 Å². The molecule has 3 aliphatic heterocycles. The minimum absolute atomic E-state index is 0.0246. The van der Waals surface area contributed by atoms with Gasteiger partial charge in [0.25, 0.3) is 0 Å². The molecule has 1 N–H and O–H groups in total. The number of carbonyl (C=O) groups is 1. The fourth-order valence-electron chi connectivity index (χ4n) is 6.40. The SMILES string of the molecule is O=C(Cn1cccn1)NC[C@H]1[C@H]2CN(C3Cc4ccccc4C3)C[C@]23CC[C@H]1O3. The van der Waals surface area contributed by atoms with E-state index in [2.05, 4.69) is 39.6 Å². The van der Waals surface area contributed by atoms with Gasteiger partial charge in [0, 0.05) is 49.9 Å². The van der Waals surface area contributed by atoms with Crippen molar-refractivity contribution in [1.29, 1.82) is 0 Å². The van der Waals surface area contributed by atoms with Gasteiger partial charge in [-0.25, -0.2) is 0 Å². The van der Waals surface area contributed by atoms with Crippen molar-refractivity contribution in [2.75, 3.05) is 19.6 Å². The van der Waals surface area contributed by atoms with Crippen molar-refractivity contribution in [3.8, 4) is 0 Å². The van der Waals surface area contributed by atoms with Crippen LogP contribution in [0.25, 0.3) is 0 Å². The van der Waals surface area contributed by atoms with E-state index in [-0.39, 0.29) is 18.1 Å². The van der Waals surface area contributed by atoms with Crippen molar-refractivity contribution in [2.45, 2.75) is 50.0 Å². The molecule has 3 fully saturated rings. The number of benzene rings is 1. The van der Waals surface area contributed by atoms with Crippen LogP contribution in [0.3, 0.4) is 0 Å². The highest BCUT2D eigenvalue weighted by Crippen LogP contribution is 2.55. The Balaban J connectivity index is 1.11. The Hall–Kier alpha value is -2.18. The van der Waals surface area contributed by atoms with Gasteiger partial charge in [0.1, 0.15) is 6.54 Å². The average Bonchev–Trinajstić information content (AvgIpc) is 3.51. The van der Waals surface area contributed by atoms with Crippen LogP contribution < -0.4 is 5.32 Å². The van der Waals surface area contributed by atoms with Crippen LogP contribution in [0.2, 0.25) is 0 Å². The van der Waals surface area contributed by atoms with E-state index in [4.69, 9.17) is 4.74 Å². The number of fused-ring (bicyclic) bond motifs is 2. The molecule has 0 radical (unpaired) electrons. The minimum Gasteiger partial charge on any atom is -0.370 e. The molecule has 1 spiro atoms. The van der Waals surface area contributed by atoms with E-state index < -0.39 is 0 Å². The lowest BCUT2D eigenvalue weighted by Crippen LogP contribution is -2.42. The second kappa shape index (κ2) is 6.67. The second-order valence-corrected chi connectivity index (χ2v) is 9.30. The summed E-state index contributed by atoms with van der Waals surface area (Å²) in [6.07, 6.45) is 8.47. The van der Waals surface area contributed by atoms with Crippen molar-refractivity contribution >= 4 is 5.91 Å². The fourth-order valence-corrected chi connectivity index (χ4v) is 6.40. The first kappa shape index (κ1) is 17.7. The zero-order valence-corrected chi connectivity index (χ0v) is 16.7. The van der Waals surface area contributed by atoms with E-state index in [0.717, 1.165) is 38.9 Å². The van der Waals surface area contributed by atoms with E-state index in [0.29, 0.717) is 24.0 Å². The Kier molecular flexibility index (Phi) is 4.06. The van der Waals surface area contributed by atoms with Crippen LogP contribution in [-0.2, 0) is 28.9 Å². The standard InChI is InChI=1S/C23H28N4O2/c28-22(14-27-9-3-8-25-27)24-12-19-20-13-26(15-23(20)7-6-21(19)29-23)18-10-16-4-1-2-5-17(16)11-18/h1-5,8-9,18-21H,6-7,10-15H2,(H,24,28)/t19-,20+,21+,23+/m0/s1. The molecular formula is C23H28N4O2. The maximum Gasteiger partial charge on any atom is 0.241 e. The highest BCUT2D eigenvalue weighted by atomic mass is 16.5. The lowest BCUT2D eigenvalue weighted by molar-refractivity contribution is -0.122. The number of nitrogens with zero attached hydrogens (tertiary/aromatic N) is 3. The smallest absolute Gasteiger partial charge is 0.241 e. The number of nitrogens with one attached hydrogen (secondary N) is 1. The van der Waals surface area contributed by atoms with Crippen LogP contribution in [0.5, 0.6) is 0 Å². The molecule has 29 heavy (non-hydrogen) atoms. The van der Waals surface area contributed by atoms with Gasteiger partial charge in [-0.15, -0.1) is 0 Å². The number of amides is 1. The predicted molar refractivity (Wildman–Crippen MR) is 108 cm³/mol. The summed E-state index contributed by atoms with van der Waals surface area (Å²) in [5, 5.41) is 7.28. The van der Waals surface area contributed by atoms with Gasteiger partial charge < -0.3 is 10.1 Å². The summed E-state index contributed by atoms with van der Waals surface area (Å²) in [5.41, 5.74) is 3.05. The molecule has 3 saturated heterocycles. The number of carbonyl (C=O) groups excluding carboxylic acids is 1. The molecule has 1 amide bonds. The normalized spacial score (nSPS) is 33.2. The van der Waals surface area contributed by atoms with E-state index >= 15 is 0 Å². The molecule has 1 aromatic carbocycles. The zero-order valence-electron chi connectivity index (χ0n) is 16.7. The van der Waals surface area contributed by atoms with E-state index in [1.54, 1.807) is 10.9 Å². The lowest BCUT2D eigenvalue weighted by atomic mass is 9.73. The van der Waals surface area contributed by atoms with Gasteiger partial charge in [0.05, 0.1) is 11.7 Å². The van der Waals surface area contributed by atoms with Gasteiger partial charge in [0.2, 0.25) is 5.91 Å². The predicted octanol–water partition coefficient (Wildman–Crippen LogP) is 1.65. The molecule has 1 aliphatic carbocycles. The van der Waals surface area contributed by atoms with Crippen LogP contribution >= 0.6 is 0 Å². The summed E-state index contributed by atoms with van der Waals surface area (Å²) in [4.78, 5) is 15.0. The molecule has 1 aromatic heterocycles. The molecule has 6 heteroatoms. The molecular weight excluding hydrogens is 364 g/mol. The molecule has 4 aliphatic rings. The largest absolute Gasteiger partial charge is 0.370 e. The topological polar surface area (TPSA) is 59.4 Å². The molecule has 152 valence electrons. The molecule has 4 atom stereocenters.